The van der Waals surface area contributed by atoms with Crippen LogP contribution in [0.1, 0.15) is 16.7 Å². The molecule has 2 nitrogen and oxygen atoms in total. The maximum Gasteiger partial charge on any atom is 0.101 e. The maximum absolute atomic E-state index is 9.15. The van der Waals surface area contributed by atoms with E-state index in [1.807, 2.05) is 31.3 Å². The molecule has 90 valence electrons. The molecule has 2 aromatic rings. The predicted octanol–water partition coefficient (Wildman–Crippen LogP) is 3.94. The van der Waals surface area contributed by atoms with Crippen LogP contribution in [0.2, 0.25) is 0 Å². The zero-order chi connectivity index (χ0) is 13.1. The minimum atomic E-state index is 0.694. The zero-order valence-corrected chi connectivity index (χ0v) is 10.9. The van der Waals surface area contributed by atoms with Gasteiger partial charge in [-0.05, 0) is 37.6 Å². The predicted molar refractivity (Wildman–Crippen MR) is 75.1 cm³/mol. The summed E-state index contributed by atoms with van der Waals surface area (Å²) in [5.41, 5.74) is 5.22. The first-order chi connectivity index (χ1) is 8.63. The summed E-state index contributed by atoms with van der Waals surface area (Å²) in [6.45, 7) is 4.17. The monoisotopic (exact) mass is 236 g/mol. The van der Waals surface area contributed by atoms with E-state index >= 15 is 0 Å². The summed E-state index contributed by atoms with van der Waals surface area (Å²) in [6.07, 6.45) is 0. The van der Waals surface area contributed by atoms with E-state index in [2.05, 4.69) is 43.0 Å². The molecule has 0 radical (unpaired) electrons. The third-order valence-electron chi connectivity index (χ3n) is 3.10. The van der Waals surface area contributed by atoms with Gasteiger partial charge in [0.05, 0.1) is 11.3 Å². The molecule has 0 aromatic heterocycles. The van der Waals surface area contributed by atoms with Gasteiger partial charge in [-0.3, -0.25) is 0 Å². The Hall–Kier alpha value is -2.27. The third kappa shape index (κ3) is 2.21. The number of anilines is 2. The molecule has 0 aliphatic heterocycles. The summed E-state index contributed by atoms with van der Waals surface area (Å²) >= 11 is 0. The van der Waals surface area contributed by atoms with Gasteiger partial charge >= 0.3 is 0 Å². The van der Waals surface area contributed by atoms with Gasteiger partial charge in [-0.2, -0.15) is 5.26 Å². The molecule has 0 amide bonds. The van der Waals surface area contributed by atoms with E-state index in [1.54, 1.807) is 0 Å². The van der Waals surface area contributed by atoms with E-state index in [4.69, 9.17) is 5.26 Å². The van der Waals surface area contributed by atoms with Gasteiger partial charge < -0.3 is 4.90 Å². The average Bonchev–Trinajstić information content (AvgIpc) is 2.38. The first-order valence-corrected chi connectivity index (χ1v) is 5.93. The fraction of sp³-hybridized carbons (Fsp3) is 0.188. The van der Waals surface area contributed by atoms with E-state index < -0.39 is 0 Å². The van der Waals surface area contributed by atoms with Crippen molar-refractivity contribution in [3.63, 3.8) is 0 Å². The van der Waals surface area contributed by atoms with Gasteiger partial charge in [-0.25, -0.2) is 0 Å². The van der Waals surface area contributed by atoms with E-state index in [0.717, 1.165) is 11.4 Å². The number of benzene rings is 2. The van der Waals surface area contributed by atoms with E-state index in [1.165, 1.54) is 11.1 Å². The lowest BCUT2D eigenvalue weighted by atomic mass is 10.1. The van der Waals surface area contributed by atoms with Crippen LogP contribution in [0.15, 0.2) is 42.5 Å². The molecule has 0 unspecified atom stereocenters. The summed E-state index contributed by atoms with van der Waals surface area (Å²) in [5.74, 6) is 0. The molecule has 0 saturated heterocycles. The lowest BCUT2D eigenvalue weighted by molar-refractivity contribution is 1.17. The highest BCUT2D eigenvalue weighted by Gasteiger charge is 2.10. The Balaban J connectivity index is 2.48. The molecule has 0 fully saturated rings. The molecule has 0 spiro atoms. The lowest BCUT2D eigenvalue weighted by Gasteiger charge is -2.22. The number of hydrogen-bond donors (Lipinski definition) is 0. The highest BCUT2D eigenvalue weighted by molar-refractivity contribution is 5.70. The summed E-state index contributed by atoms with van der Waals surface area (Å²) in [7, 11) is 1.99. The van der Waals surface area contributed by atoms with Crippen LogP contribution in [-0.2, 0) is 0 Å². The number of nitriles is 1. The number of hydrogen-bond acceptors (Lipinski definition) is 2. The van der Waals surface area contributed by atoms with E-state index in [0.29, 0.717) is 5.56 Å². The van der Waals surface area contributed by atoms with Gasteiger partial charge in [0.1, 0.15) is 6.07 Å². The van der Waals surface area contributed by atoms with Crippen molar-refractivity contribution in [3.8, 4) is 6.07 Å². The fourth-order valence-electron chi connectivity index (χ4n) is 2.17. The first kappa shape index (κ1) is 12.2. The van der Waals surface area contributed by atoms with Crippen molar-refractivity contribution in [2.24, 2.45) is 0 Å². The standard InChI is InChI=1S/C16H16N2/c1-12-8-9-15(13(2)10-12)18(3)16-7-5-4-6-14(16)11-17/h4-10H,1-3H3. The Morgan fingerprint density at radius 3 is 2.39 bits per heavy atom. The molecule has 18 heavy (non-hydrogen) atoms. The third-order valence-corrected chi connectivity index (χ3v) is 3.10. The highest BCUT2D eigenvalue weighted by atomic mass is 15.1. The van der Waals surface area contributed by atoms with Crippen LogP contribution in [0.25, 0.3) is 0 Å². The number of nitrogens with zero attached hydrogens (tertiary/aromatic N) is 2. The summed E-state index contributed by atoms with van der Waals surface area (Å²) in [5, 5.41) is 9.15. The molecule has 0 aliphatic carbocycles. The van der Waals surface area contributed by atoms with Crippen LogP contribution in [-0.4, -0.2) is 7.05 Å². The van der Waals surface area contributed by atoms with Crippen molar-refractivity contribution in [3.05, 3.63) is 59.2 Å². The quantitative estimate of drug-likeness (QED) is 0.789. The smallest absolute Gasteiger partial charge is 0.101 e. The molecule has 0 bridgehead atoms. The van der Waals surface area contributed by atoms with E-state index in [9.17, 15) is 0 Å². The second-order valence-electron chi connectivity index (χ2n) is 4.48. The zero-order valence-electron chi connectivity index (χ0n) is 10.9. The van der Waals surface area contributed by atoms with Gasteiger partial charge in [0.25, 0.3) is 0 Å². The lowest BCUT2D eigenvalue weighted by Crippen LogP contribution is -2.12. The Labute approximate surface area is 108 Å². The van der Waals surface area contributed by atoms with Gasteiger partial charge in [-0.15, -0.1) is 0 Å². The topological polar surface area (TPSA) is 27.0 Å². The summed E-state index contributed by atoms with van der Waals surface area (Å²) in [6, 6.07) is 16.2. The molecular weight excluding hydrogens is 220 g/mol. The molecule has 0 saturated carbocycles. The number of rotatable bonds is 2. The van der Waals surface area contributed by atoms with Crippen molar-refractivity contribution >= 4 is 11.4 Å². The Morgan fingerprint density at radius 1 is 1.00 bits per heavy atom. The van der Waals surface area contributed by atoms with Crippen LogP contribution in [0.4, 0.5) is 11.4 Å². The summed E-state index contributed by atoms with van der Waals surface area (Å²) in [4.78, 5) is 2.06. The van der Waals surface area contributed by atoms with E-state index in [-0.39, 0.29) is 0 Å². The molecule has 0 heterocycles. The largest absolute Gasteiger partial charge is 0.343 e. The summed E-state index contributed by atoms with van der Waals surface area (Å²) < 4.78 is 0. The van der Waals surface area contributed by atoms with Gasteiger partial charge in [0.2, 0.25) is 0 Å². The van der Waals surface area contributed by atoms with Crippen molar-refractivity contribution in [1.29, 1.82) is 5.26 Å². The molecule has 2 rings (SSSR count). The minimum Gasteiger partial charge on any atom is -0.343 e. The SMILES string of the molecule is Cc1ccc(N(C)c2ccccc2C#N)c(C)c1. The van der Waals surface area contributed by atoms with Crippen LogP contribution >= 0.6 is 0 Å². The van der Waals surface area contributed by atoms with Crippen molar-refractivity contribution in [2.45, 2.75) is 13.8 Å². The van der Waals surface area contributed by atoms with Crippen LogP contribution in [0, 0.1) is 25.2 Å². The second-order valence-corrected chi connectivity index (χ2v) is 4.48. The van der Waals surface area contributed by atoms with Gasteiger partial charge in [-0.1, -0.05) is 29.8 Å². The minimum absolute atomic E-state index is 0.694. The van der Waals surface area contributed by atoms with Crippen molar-refractivity contribution in [1.82, 2.24) is 0 Å². The molecule has 0 atom stereocenters. The Morgan fingerprint density at radius 2 is 1.72 bits per heavy atom. The molecule has 2 heteroatoms. The normalized spacial score (nSPS) is 9.89. The first-order valence-electron chi connectivity index (χ1n) is 5.93. The number of aryl methyl sites for hydroxylation is 2. The van der Waals surface area contributed by atoms with Crippen LogP contribution in [0.5, 0.6) is 0 Å². The van der Waals surface area contributed by atoms with Gasteiger partial charge in [0, 0.05) is 12.7 Å². The Kier molecular flexibility index (Phi) is 3.34. The Bertz CT molecular complexity index is 609. The van der Waals surface area contributed by atoms with Crippen molar-refractivity contribution < 1.29 is 0 Å². The number of para-hydroxylation sites is 1. The average molecular weight is 236 g/mol. The van der Waals surface area contributed by atoms with Gasteiger partial charge in [0.15, 0.2) is 0 Å². The molecular formula is C16H16N2. The molecule has 0 N–H and O–H groups in total. The van der Waals surface area contributed by atoms with Crippen LogP contribution in [0.3, 0.4) is 0 Å². The van der Waals surface area contributed by atoms with Crippen molar-refractivity contribution in [2.75, 3.05) is 11.9 Å². The van der Waals surface area contributed by atoms with Crippen LogP contribution < -0.4 is 4.90 Å². The molecule has 0 aliphatic rings. The highest BCUT2D eigenvalue weighted by Crippen LogP contribution is 2.29. The fourth-order valence-corrected chi connectivity index (χ4v) is 2.17. The molecule has 2 aromatic carbocycles. The second kappa shape index (κ2) is 4.93. The maximum atomic E-state index is 9.15.